The van der Waals surface area contributed by atoms with Crippen molar-refractivity contribution < 1.29 is 19.4 Å². The van der Waals surface area contributed by atoms with Gasteiger partial charge in [0.25, 0.3) is 0 Å². The Balaban J connectivity index is 1.59. The average Bonchev–Trinajstić information content (AvgIpc) is 3.02. The van der Waals surface area contributed by atoms with Crippen LogP contribution in [0.15, 0.2) is 29.6 Å². The van der Waals surface area contributed by atoms with Crippen molar-refractivity contribution >= 4 is 23.2 Å². The Hall–Kier alpha value is -2.34. The molecule has 5 nitrogen and oxygen atoms in total. The van der Waals surface area contributed by atoms with E-state index in [0.717, 1.165) is 29.9 Å². The molecule has 1 aromatic heterocycles. The lowest BCUT2D eigenvalue weighted by Gasteiger charge is -2.26. The number of nitrogens with one attached hydrogen (secondary N) is 1. The van der Waals surface area contributed by atoms with E-state index in [-0.39, 0.29) is 23.9 Å². The van der Waals surface area contributed by atoms with E-state index in [1.165, 1.54) is 22.5 Å². The van der Waals surface area contributed by atoms with Crippen molar-refractivity contribution in [3.63, 3.8) is 0 Å². The quantitative estimate of drug-likeness (QED) is 0.874. The van der Waals surface area contributed by atoms with Crippen LogP contribution < -0.4 is 10.1 Å². The molecule has 6 heteroatoms. The first-order valence-corrected chi connectivity index (χ1v) is 8.69. The first-order chi connectivity index (χ1) is 11.5. The molecule has 1 atom stereocenters. The standard InChI is InChI=1S/C18H19NO4S/c1-23-15-5-3-11-2-4-14(6-12(11)7-15)19-17(20)9-16-8-13(10-24-16)18(21)22/h3,5,7-8,10,14H,2,4,6,9H2,1H3,(H,19,20)(H,21,22). The zero-order chi connectivity index (χ0) is 17.1. The third-order valence-corrected chi connectivity index (χ3v) is 5.18. The fourth-order valence-corrected chi connectivity index (χ4v) is 3.86. The fourth-order valence-electron chi connectivity index (χ4n) is 3.01. The van der Waals surface area contributed by atoms with Gasteiger partial charge in [0.2, 0.25) is 5.91 Å². The number of carbonyl (C=O) groups is 2. The van der Waals surface area contributed by atoms with Gasteiger partial charge in [0.15, 0.2) is 0 Å². The number of rotatable bonds is 5. The number of amides is 1. The minimum Gasteiger partial charge on any atom is -0.497 e. The molecule has 0 saturated carbocycles. The minimum absolute atomic E-state index is 0.0647. The summed E-state index contributed by atoms with van der Waals surface area (Å²) in [6, 6.07) is 7.76. The van der Waals surface area contributed by atoms with Gasteiger partial charge in [0.05, 0.1) is 19.1 Å². The molecular formula is C18H19NO4S. The Bertz CT molecular complexity index is 768. The number of benzene rings is 1. The number of aryl methyl sites for hydroxylation is 1. The van der Waals surface area contributed by atoms with E-state index in [4.69, 9.17) is 9.84 Å². The summed E-state index contributed by atoms with van der Waals surface area (Å²) in [6.45, 7) is 0. The monoisotopic (exact) mass is 345 g/mol. The highest BCUT2D eigenvalue weighted by Gasteiger charge is 2.21. The van der Waals surface area contributed by atoms with Crippen molar-refractivity contribution in [1.29, 1.82) is 0 Å². The van der Waals surface area contributed by atoms with E-state index in [9.17, 15) is 9.59 Å². The fraction of sp³-hybridized carbons (Fsp3) is 0.333. The van der Waals surface area contributed by atoms with Gasteiger partial charge >= 0.3 is 5.97 Å². The van der Waals surface area contributed by atoms with Crippen LogP contribution in [0.4, 0.5) is 0 Å². The van der Waals surface area contributed by atoms with Gasteiger partial charge in [-0.15, -0.1) is 11.3 Å². The highest BCUT2D eigenvalue weighted by atomic mass is 32.1. The average molecular weight is 345 g/mol. The zero-order valence-corrected chi connectivity index (χ0v) is 14.2. The lowest BCUT2D eigenvalue weighted by atomic mass is 9.88. The normalized spacial score (nSPS) is 16.3. The lowest BCUT2D eigenvalue weighted by molar-refractivity contribution is -0.121. The number of hydrogen-bond acceptors (Lipinski definition) is 4. The molecule has 1 aromatic carbocycles. The molecule has 3 rings (SSSR count). The maximum atomic E-state index is 12.2. The smallest absolute Gasteiger partial charge is 0.336 e. The van der Waals surface area contributed by atoms with Crippen LogP contribution in [0, 0.1) is 0 Å². The van der Waals surface area contributed by atoms with Crippen molar-refractivity contribution in [2.45, 2.75) is 31.7 Å². The first kappa shape index (κ1) is 16.5. The highest BCUT2D eigenvalue weighted by Crippen LogP contribution is 2.25. The molecule has 126 valence electrons. The summed E-state index contributed by atoms with van der Waals surface area (Å²) >= 11 is 1.30. The third kappa shape index (κ3) is 3.76. The Morgan fingerprint density at radius 1 is 1.33 bits per heavy atom. The van der Waals surface area contributed by atoms with Gasteiger partial charge in [-0.3, -0.25) is 4.79 Å². The van der Waals surface area contributed by atoms with Crippen LogP contribution in [0.3, 0.4) is 0 Å². The van der Waals surface area contributed by atoms with E-state index in [1.807, 2.05) is 12.1 Å². The van der Waals surface area contributed by atoms with E-state index >= 15 is 0 Å². The molecule has 2 aromatic rings. The van der Waals surface area contributed by atoms with E-state index < -0.39 is 5.97 Å². The number of carboxylic acid groups (broad SMARTS) is 1. The molecule has 1 unspecified atom stereocenters. The van der Waals surface area contributed by atoms with E-state index in [1.54, 1.807) is 18.6 Å². The summed E-state index contributed by atoms with van der Waals surface area (Å²) in [7, 11) is 1.65. The largest absolute Gasteiger partial charge is 0.497 e. The van der Waals surface area contributed by atoms with Gasteiger partial charge in [0, 0.05) is 16.3 Å². The maximum absolute atomic E-state index is 12.2. The van der Waals surface area contributed by atoms with Gasteiger partial charge in [-0.25, -0.2) is 4.79 Å². The molecule has 0 aliphatic heterocycles. The molecule has 1 aliphatic rings. The predicted molar refractivity (Wildman–Crippen MR) is 91.9 cm³/mol. The molecule has 1 amide bonds. The molecule has 0 radical (unpaired) electrons. The SMILES string of the molecule is COc1ccc2c(c1)CC(NC(=O)Cc1cc(C(=O)O)cs1)CC2. The molecule has 24 heavy (non-hydrogen) atoms. The number of methoxy groups -OCH3 is 1. The summed E-state index contributed by atoms with van der Waals surface area (Å²) < 4.78 is 5.26. The topological polar surface area (TPSA) is 75.6 Å². The summed E-state index contributed by atoms with van der Waals surface area (Å²) in [6.07, 6.45) is 2.87. The molecule has 0 spiro atoms. The van der Waals surface area contributed by atoms with Crippen LogP contribution in [-0.4, -0.2) is 30.1 Å². The number of aromatic carboxylic acids is 1. The van der Waals surface area contributed by atoms with Crippen LogP contribution in [0.25, 0.3) is 0 Å². The lowest BCUT2D eigenvalue weighted by Crippen LogP contribution is -2.39. The van der Waals surface area contributed by atoms with Crippen molar-refractivity contribution in [2.75, 3.05) is 7.11 Å². The van der Waals surface area contributed by atoms with Gasteiger partial charge in [-0.1, -0.05) is 6.07 Å². The van der Waals surface area contributed by atoms with Crippen LogP contribution in [0.2, 0.25) is 0 Å². The third-order valence-electron chi connectivity index (χ3n) is 4.24. The Morgan fingerprint density at radius 2 is 2.17 bits per heavy atom. The molecule has 0 fully saturated rings. The van der Waals surface area contributed by atoms with Crippen LogP contribution in [0.1, 0.15) is 32.8 Å². The number of carboxylic acids is 1. The predicted octanol–water partition coefficient (Wildman–Crippen LogP) is 2.67. The number of ether oxygens (including phenoxy) is 1. The second-order valence-electron chi connectivity index (χ2n) is 5.93. The Morgan fingerprint density at radius 3 is 2.88 bits per heavy atom. The van der Waals surface area contributed by atoms with Crippen LogP contribution >= 0.6 is 11.3 Å². The molecule has 1 heterocycles. The minimum atomic E-state index is -0.962. The summed E-state index contributed by atoms with van der Waals surface area (Å²) in [5, 5.41) is 13.6. The van der Waals surface area contributed by atoms with E-state index in [2.05, 4.69) is 11.4 Å². The first-order valence-electron chi connectivity index (χ1n) is 7.81. The molecule has 2 N–H and O–H groups in total. The molecule has 1 aliphatic carbocycles. The maximum Gasteiger partial charge on any atom is 0.336 e. The summed E-state index contributed by atoms with van der Waals surface area (Å²) in [5.41, 5.74) is 2.77. The van der Waals surface area contributed by atoms with Crippen LogP contribution in [-0.2, 0) is 24.1 Å². The van der Waals surface area contributed by atoms with E-state index in [0.29, 0.717) is 0 Å². The molecular weight excluding hydrogens is 326 g/mol. The van der Waals surface area contributed by atoms with Gasteiger partial charge in [0.1, 0.15) is 5.75 Å². The van der Waals surface area contributed by atoms with Crippen molar-refractivity contribution in [3.05, 3.63) is 51.2 Å². The highest BCUT2D eigenvalue weighted by molar-refractivity contribution is 7.10. The second-order valence-corrected chi connectivity index (χ2v) is 6.92. The zero-order valence-electron chi connectivity index (χ0n) is 13.4. The molecule has 0 bridgehead atoms. The summed E-state index contributed by atoms with van der Waals surface area (Å²) in [4.78, 5) is 23.9. The van der Waals surface area contributed by atoms with Crippen LogP contribution in [0.5, 0.6) is 5.75 Å². The number of hydrogen-bond donors (Lipinski definition) is 2. The number of thiophene rings is 1. The molecule has 0 saturated heterocycles. The van der Waals surface area contributed by atoms with Crippen molar-refractivity contribution in [1.82, 2.24) is 5.32 Å². The van der Waals surface area contributed by atoms with Crippen molar-refractivity contribution in [3.8, 4) is 5.75 Å². The number of fused-ring (bicyclic) bond motifs is 1. The number of carbonyl (C=O) groups excluding carboxylic acids is 1. The van der Waals surface area contributed by atoms with Crippen molar-refractivity contribution in [2.24, 2.45) is 0 Å². The Kier molecular flexibility index (Phi) is 4.85. The summed E-state index contributed by atoms with van der Waals surface area (Å²) in [5.74, 6) is -0.193. The van der Waals surface area contributed by atoms with Gasteiger partial charge in [-0.05, 0) is 48.6 Å². The van der Waals surface area contributed by atoms with Gasteiger partial charge < -0.3 is 15.2 Å². The Labute approximate surface area is 144 Å². The van der Waals surface area contributed by atoms with Gasteiger partial charge in [-0.2, -0.15) is 0 Å². The second kappa shape index (κ2) is 7.05.